The molecule has 0 aliphatic rings. The highest BCUT2D eigenvalue weighted by molar-refractivity contribution is 9.10. The number of nitrogens with zero attached hydrogens (tertiary/aromatic N) is 8. The van der Waals surface area contributed by atoms with Gasteiger partial charge in [-0.1, -0.05) is 70.5 Å². The Morgan fingerprint density at radius 2 is 0.809 bits per heavy atom. The summed E-state index contributed by atoms with van der Waals surface area (Å²) in [4.78, 5) is 39.9. The van der Waals surface area contributed by atoms with Crippen LogP contribution in [0.5, 0.6) is 11.5 Å². The van der Waals surface area contributed by atoms with E-state index >= 15 is 0 Å². The average molecular weight is 1400 g/mol. The molecule has 11 rings (SSSR count). The van der Waals surface area contributed by atoms with Crippen molar-refractivity contribution in [1.29, 1.82) is 0 Å². The first-order valence-electron chi connectivity index (χ1n) is 29.4. The molecular weight excluding hydrogens is 1320 g/mol. The van der Waals surface area contributed by atoms with Crippen molar-refractivity contribution in [3.05, 3.63) is 216 Å². The van der Waals surface area contributed by atoms with Crippen LogP contribution >= 0.6 is 15.9 Å². The Morgan fingerprint density at radius 3 is 1.14 bits per heavy atom. The number of ether oxygens (including phenoxy) is 4. The highest BCUT2D eigenvalue weighted by Gasteiger charge is 2.28. The van der Waals surface area contributed by atoms with Crippen molar-refractivity contribution in [2.75, 3.05) is 35.4 Å². The third-order valence-electron chi connectivity index (χ3n) is 14.5. The summed E-state index contributed by atoms with van der Waals surface area (Å²) in [6, 6.07) is 41.5. The molecule has 0 unspecified atom stereocenters. The van der Waals surface area contributed by atoms with Gasteiger partial charge < -0.3 is 34.1 Å². The standard InChI is InChI=1S/C27H29N3O5S.C22H21N3O3S.C20H22BrN3O4S/c1-27(2,3)35-26(31)29(4)17-21-18-30(36(32,33)23-7-6-14-28-16-23)25-15-20(10-13-24(21)25)19-8-11-22(34-5)12-9-19;1-23-13-18-15-25(29(26,27)20-4-3-11-24-14-20)22-12-17(7-10-21(18)22)16-5-8-19(28-2)9-6-16;1-20(2,3)28-19(25)23(4)12-14-13-24(18-10-15(21)7-8-17(14)18)29(26,27)16-6-5-9-22-11-16/h6-16,18H,17H2,1-5H3;3-12,14-15,23H,13H2,1-2H3;5-11,13H,12H2,1-4H3. The van der Waals surface area contributed by atoms with Gasteiger partial charge in [0.25, 0.3) is 30.1 Å². The Kier molecular flexibility index (Phi) is 20.9. The maximum absolute atomic E-state index is 13.6. The number of pyridine rings is 3. The van der Waals surface area contributed by atoms with E-state index in [-0.39, 0.29) is 27.8 Å². The number of carbonyl (C=O) groups is 2. The summed E-state index contributed by atoms with van der Waals surface area (Å²) >= 11 is 3.40. The molecule has 0 saturated carbocycles. The monoisotopic (exact) mass is 1390 g/mol. The van der Waals surface area contributed by atoms with E-state index in [1.54, 1.807) is 125 Å². The lowest BCUT2D eigenvalue weighted by atomic mass is 10.0. The Morgan fingerprint density at radius 1 is 0.479 bits per heavy atom. The predicted molar refractivity (Wildman–Crippen MR) is 366 cm³/mol. The molecule has 94 heavy (non-hydrogen) atoms. The van der Waals surface area contributed by atoms with E-state index in [4.69, 9.17) is 18.9 Å². The molecule has 0 saturated heterocycles. The van der Waals surface area contributed by atoms with Crippen LogP contribution in [0.4, 0.5) is 9.59 Å². The highest BCUT2D eigenvalue weighted by Crippen LogP contribution is 2.35. The molecule has 490 valence electrons. The molecule has 6 aromatic heterocycles. The van der Waals surface area contributed by atoms with Crippen LogP contribution in [-0.4, -0.2) is 121 Å². The van der Waals surface area contributed by atoms with Crippen molar-refractivity contribution in [3.63, 3.8) is 0 Å². The first kappa shape index (κ1) is 69.0. The maximum Gasteiger partial charge on any atom is 0.410 e. The number of hydrogen-bond donors (Lipinski definition) is 1. The minimum Gasteiger partial charge on any atom is -0.497 e. The number of hydrogen-bond acceptors (Lipinski definition) is 16. The molecule has 0 aliphatic carbocycles. The normalized spacial score (nSPS) is 11.9. The van der Waals surface area contributed by atoms with Crippen LogP contribution in [0.15, 0.2) is 214 Å². The van der Waals surface area contributed by atoms with Crippen molar-refractivity contribution in [3.8, 4) is 33.8 Å². The first-order valence-corrected chi connectivity index (χ1v) is 34.5. The van der Waals surface area contributed by atoms with Crippen molar-refractivity contribution in [2.24, 2.45) is 0 Å². The minimum atomic E-state index is -3.94. The van der Waals surface area contributed by atoms with Crippen molar-refractivity contribution in [1.82, 2.24) is 42.0 Å². The van der Waals surface area contributed by atoms with Gasteiger partial charge in [-0.25, -0.2) is 46.8 Å². The lowest BCUT2D eigenvalue weighted by molar-refractivity contribution is 0.0276. The zero-order valence-electron chi connectivity index (χ0n) is 53.7. The minimum absolute atomic E-state index is 0.0730. The number of aromatic nitrogens is 6. The van der Waals surface area contributed by atoms with Crippen LogP contribution in [0.1, 0.15) is 58.2 Å². The third-order valence-corrected chi connectivity index (χ3v) is 20.0. The predicted octanol–water partition coefficient (Wildman–Crippen LogP) is 13.4. The van der Waals surface area contributed by atoms with Gasteiger partial charge in [0.05, 0.1) is 43.9 Å². The highest BCUT2D eigenvalue weighted by atomic mass is 79.9. The van der Waals surface area contributed by atoms with Crippen LogP contribution in [-0.2, 0) is 59.2 Å². The van der Waals surface area contributed by atoms with E-state index in [1.165, 1.54) is 64.8 Å². The van der Waals surface area contributed by atoms with Crippen LogP contribution in [0.3, 0.4) is 0 Å². The number of benzene rings is 5. The van der Waals surface area contributed by atoms with Crippen LogP contribution < -0.4 is 14.8 Å². The number of nitrogens with one attached hydrogen (secondary N) is 1. The van der Waals surface area contributed by atoms with Crippen molar-refractivity contribution < 1.29 is 53.8 Å². The fraction of sp³-hybridized carbons (Fsp3) is 0.232. The second-order valence-electron chi connectivity index (χ2n) is 23.7. The van der Waals surface area contributed by atoms with Gasteiger partial charge in [0.1, 0.15) is 37.4 Å². The molecular formula is C69H72BrN9O12S3. The van der Waals surface area contributed by atoms with Crippen molar-refractivity contribution in [2.45, 2.75) is 87.1 Å². The van der Waals surface area contributed by atoms with Gasteiger partial charge in [-0.2, -0.15) is 0 Å². The first-order chi connectivity index (χ1) is 44.5. The zero-order chi connectivity index (χ0) is 67.9. The summed E-state index contributed by atoms with van der Waals surface area (Å²) in [7, 11) is -3.25. The number of fused-ring (bicyclic) bond motifs is 3. The fourth-order valence-corrected chi connectivity index (χ4v) is 14.4. The van der Waals surface area contributed by atoms with E-state index in [0.717, 1.165) is 59.9 Å². The molecule has 0 aliphatic heterocycles. The second kappa shape index (κ2) is 28.4. The molecule has 5 aromatic carbocycles. The molecule has 0 spiro atoms. The second-order valence-corrected chi connectivity index (χ2v) is 30.1. The Balaban J connectivity index is 0.000000167. The summed E-state index contributed by atoms with van der Waals surface area (Å²) in [6.07, 6.45) is 12.4. The fourth-order valence-electron chi connectivity index (χ4n) is 10.0. The molecule has 0 radical (unpaired) electrons. The number of rotatable bonds is 16. The maximum atomic E-state index is 13.6. The van der Waals surface area contributed by atoms with E-state index in [0.29, 0.717) is 34.2 Å². The number of halogens is 1. The van der Waals surface area contributed by atoms with E-state index in [2.05, 4.69) is 36.2 Å². The summed E-state index contributed by atoms with van der Waals surface area (Å²) in [5.74, 6) is 1.50. The number of amides is 2. The smallest absolute Gasteiger partial charge is 0.410 e. The van der Waals surface area contributed by atoms with Gasteiger partial charge >= 0.3 is 12.2 Å². The molecule has 0 atom stereocenters. The zero-order valence-corrected chi connectivity index (χ0v) is 57.7. The van der Waals surface area contributed by atoms with E-state index in [1.807, 2.05) is 104 Å². The van der Waals surface area contributed by atoms with Crippen LogP contribution in [0.25, 0.3) is 55.0 Å². The molecule has 2 amide bonds. The molecule has 21 nitrogen and oxygen atoms in total. The number of methoxy groups -OCH3 is 2. The SMILES string of the molecule is CN(Cc1cn(S(=O)(=O)c2cccnc2)c2cc(Br)ccc12)C(=O)OC(C)(C)C.CNCc1cn(S(=O)(=O)c2cccnc2)c2cc(-c3ccc(OC)cc3)ccc12.COc1ccc(-c2ccc3c(CN(C)C(=O)OC(C)(C)C)cn(S(=O)(=O)c4cccnc4)c3c2)cc1. The summed E-state index contributed by atoms with van der Waals surface area (Å²) in [5, 5.41) is 5.45. The lowest BCUT2D eigenvalue weighted by Crippen LogP contribution is -2.33. The average Bonchev–Trinajstić information content (AvgIpc) is 1.60. The lowest BCUT2D eigenvalue weighted by Gasteiger charge is -2.24. The summed E-state index contributed by atoms with van der Waals surface area (Å²) < 4.78 is 106. The Labute approximate surface area is 555 Å². The summed E-state index contributed by atoms with van der Waals surface area (Å²) in [5.41, 5.74) is 6.32. The van der Waals surface area contributed by atoms with Crippen molar-refractivity contribution >= 4 is 90.9 Å². The van der Waals surface area contributed by atoms with Gasteiger partial charge in [-0.3, -0.25) is 15.0 Å². The molecule has 25 heteroatoms. The van der Waals surface area contributed by atoms with E-state index in [9.17, 15) is 34.8 Å². The van der Waals surface area contributed by atoms with Gasteiger partial charge in [0.2, 0.25) is 0 Å². The quantitative estimate of drug-likeness (QED) is 0.0945. The molecule has 6 heterocycles. The molecule has 11 aromatic rings. The van der Waals surface area contributed by atoms with Gasteiger partial charge in [-0.15, -0.1) is 0 Å². The largest absolute Gasteiger partial charge is 0.497 e. The van der Waals surface area contributed by atoms with Crippen LogP contribution in [0, 0.1) is 0 Å². The number of carbonyl (C=O) groups excluding carboxylic acids is 2. The third kappa shape index (κ3) is 15.8. The topological polar surface area (TPSA) is 245 Å². The van der Waals surface area contributed by atoms with Gasteiger partial charge in [0, 0.05) is 97.0 Å². The van der Waals surface area contributed by atoms with Crippen LogP contribution in [0.2, 0.25) is 0 Å². The Hall–Kier alpha value is -9.40. The van der Waals surface area contributed by atoms with Gasteiger partial charge in [-0.05, 0) is 172 Å². The van der Waals surface area contributed by atoms with E-state index < -0.39 is 53.5 Å². The Bertz CT molecular complexity index is 4870. The summed E-state index contributed by atoms with van der Waals surface area (Å²) in [6.45, 7) is 11.7. The molecule has 1 N–H and O–H groups in total. The van der Waals surface area contributed by atoms with Gasteiger partial charge in [0.15, 0.2) is 0 Å². The molecule has 0 bridgehead atoms. The molecule has 0 fully saturated rings.